The van der Waals surface area contributed by atoms with Crippen LogP contribution in [-0.4, -0.2) is 27.8 Å². The predicted octanol–water partition coefficient (Wildman–Crippen LogP) is 1.21. The van der Waals surface area contributed by atoms with Crippen molar-refractivity contribution in [3.8, 4) is 5.75 Å². The Kier molecular flexibility index (Phi) is 3.26. The first-order valence-electron chi connectivity index (χ1n) is 4.79. The van der Waals surface area contributed by atoms with Gasteiger partial charge in [0, 0.05) is 0 Å². The van der Waals surface area contributed by atoms with E-state index in [4.69, 9.17) is 20.7 Å². The van der Waals surface area contributed by atoms with Crippen molar-refractivity contribution in [3.63, 3.8) is 0 Å². The van der Waals surface area contributed by atoms with Gasteiger partial charge in [-0.15, -0.1) is 0 Å². The summed E-state index contributed by atoms with van der Waals surface area (Å²) in [6.45, 7) is 2.75. The summed E-state index contributed by atoms with van der Waals surface area (Å²) >= 11 is 0. The van der Waals surface area contributed by atoms with Gasteiger partial charge in [0.05, 0.1) is 11.3 Å². The first-order chi connectivity index (χ1) is 7.74. The van der Waals surface area contributed by atoms with E-state index in [0.717, 1.165) is 0 Å². The van der Waals surface area contributed by atoms with Gasteiger partial charge in [-0.1, -0.05) is 0 Å². The Bertz CT molecular complexity index is 467. The zero-order chi connectivity index (χ0) is 13.2. The van der Waals surface area contributed by atoms with Gasteiger partial charge in [0.1, 0.15) is 5.75 Å². The summed E-state index contributed by atoms with van der Waals surface area (Å²) in [6.07, 6.45) is 0. The number of rotatable bonds is 4. The largest absolute Gasteiger partial charge is 0.478 e. The number of nitrogens with two attached hydrogens (primary N) is 1. The van der Waals surface area contributed by atoms with Crippen molar-refractivity contribution in [1.82, 2.24) is 0 Å². The lowest BCUT2D eigenvalue weighted by Gasteiger charge is -2.22. The van der Waals surface area contributed by atoms with E-state index in [9.17, 15) is 9.59 Å². The normalized spacial score (nSPS) is 10.9. The lowest BCUT2D eigenvalue weighted by atomic mass is 10.1. The molecule has 1 aromatic carbocycles. The molecule has 92 valence electrons. The van der Waals surface area contributed by atoms with Crippen LogP contribution in [0.5, 0.6) is 5.75 Å². The van der Waals surface area contributed by atoms with E-state index >= 15 is 0 Å². The summed E-state index contributed by atoms with van der Waals surface area (Å²) in [5.41, 5.74) is 4.25. The van der Waals surface area contributed by atoms with E-state index in [1.165, 1.54) is 32.0 Å². The maximum absolute atomic E-state index is 10.9. The van der Waals surface area contributed by atoms with Crippen molar-refractivity contribution >= 4 is 17.6 Å². The second kappa shape index (κ2) is 4.32. The highest BCUT2D eigenvalue weighted by molar-refractivity contribution is 5.89. The number of aromatic carboxylic acids is 1. The van der Waals surface area contributed by atoms with Crippen LogP contribution < -0.4 is 10.5 Å². The Morgan fingerprint density at radius 2 is 1.88 bits per heavy atom. The third kappa shape index (κ3) is 2.87. The van der Waals surface area contributed by atoms with Crippen molar-refractivity contribution in [2.24, 2.45) is 0 Å². The Hall–Kier alpha value is -2.24. The molecule has 0 aliphatic rings. The van der Waals surface area contributed by atoms with E-state index < -0.39 is 17.5 Å². The maximum atomic E-state index is 10.9. The third-order valence-corrected chi connectivity index (χ3v) is 2.14. The molecular formula is C11H13NO5. The number of benzene rings is 1. The van der Waals surface area contributed by atoms with Crippen LogP contribution in [0.15, 0.2) is 18.2 Å². The Morgan fingerprint density at radius 1 is 1.29 bits per heavy atom. The van der Waals surface area contributed by atoms with Gasteiger partial charge in [0.15, 0.2) is 5.60 Å². The van der Waals surface area contributed by atoms with Gasteiger partial charge in [0.25, 0.3) is 0 Å². The summed E-state index contributed by atoms with van der Waals surface area (Å²) in [5, 5.41) is 17.6. The van der Waals surface area contributed by atoms with E-state index in [1.54, 1.807) is 0 Å². The topological polar surface area (TPSA) is 110 Å². The minimum Gasteiger partial charge on any atom is -0.478 e. The van der Waals surface area contributed by atoms with Gasteiger partial charge in [-0.2, -0.15) is 0 Å². The van der Waals surface area contributed by atoms with Gasteiger partial charge in [-0.25, -0.2) is 9.59 Å². The molecule has 4 N–H and O–H groups in total. The SMILES string of the molecule is CC(C)(Oc1ccc(C(=O)O)cc1N)C(=O)O. The van der Waals surface area contributed by atoms with Gasteiger partial charge >= 0.3 is 11.9 Å². The number of carboxylic acid groups (broad SMARTS) is 2. The minimum absolute atomic E-state index is 0.0166. The lowest BCUT2D eigenvalue weighted by molar-refractivity contribution is -0.152. The van der Waals surface area contributed by atoms with Crippen molar-refractivity contribution in [2.45, 2.75) is 19.4 Å². The average Bonchev–Trinajstić information content (AvgIpc) is 2.20. The first-order valence-corrected chi connectivity index (χ1v) is 4.79. The standard InChI is InChI=1S/C11H13NO5/c1-11(2,10(15)16)17-8-4-3-6(9(13)14)5-7(8)12/h3-5H,12H2,1-2H3,(H,13,14)(H,15,16). The van der Waals surface area contributed by atoms with Gasteiger partial charge in [-0.05, 0) is 32.0 Å². The van der Waals surface area contributed by atoms with Crippen LogP contribution in [0, 0.1) is 0 Å². The Balaban J connectivity index is 3.02. The summed E-state index contributed by atoms with van der Waals surface area (Å²) in [4.78, 5) is 21.5. The van der Waals surface area contributed by atoms with Crippen molar-refractivity contribution in [2.75, 3.05) is 5.73 Å². The van der Waals surface area contributed by atoms with Crippen LogP contribution in [0.25, 0.3) is 0 Å². The molecule has 0 aliphatic heterocycles. The highest BCUT2D eigenvalue weighted by Gasteiger charge is 2.30. The first kappa shape index (κ1) is 12.8. The predicted molar refractivity (Wildman–Crippen MR) is 60.2 cm³/mol. The molecular weight excluding hydrogens is 226 g/mol. The van der Waals surface area contributed by atoms with E-state index in [2.05, 4.69) is 0 Å². The number of nitrogen functional groups attached to an aromatic ring is 1. The highest BCUT2D eigenvalue weighted by Crippen LogP contribution is 2.26. The summed E-state index contributed by atoms with van der Waals surface area (Å²) in [6, 6.07) is 3.85. The molecule has 17 heavy (non-hydrogen) atoms. The number of anilines is 1. The molecule has 0 saturated carbocycles. The number of carbonyl (C=O) groups is 2. The summed E-state index contributed by atoms with van der Waals surface area (Å²) in [5.74, 6) is -2.11. The molecule has 1 rings (SSSR count). The van der Waals surface area contributed by atoms with Gasteiger partial charge < -0.3 is 20.7 Å². The molecule has 0 aliphatic carbocycles. The molecule has 0 saturated heterocycles. The van der Waals surface area contributed by atoms with Crippen LogP contribution in [0.3, 0.4) is 0 Å². The summed E-state index contributed by atoms with van der Waals surface area (Å²) < 4.78 is 5.21. The third-order valence-electron chi connectivity index (χ3n) is 2.14. The molecule has 6 nitrogen and oxygen atoms in total. The van der Waals surface area contributed by atoms with E-state index in [1.807, 2.05) is 0 Å². The molecule has 0 heterocycles. The number of ether oxygens (including phenoxy) is 1. The molecule has 0 atom stereocenters. The maximum Gasteiger partial charge on any atom is 0.347 e. The van der Waals surface area contributed by atoms with Crippen LogP contribution in [0.2, 0.25) is 0 Å². The second-order valence-electron chi connectivity index (χ2n) is 3.98. The van der Waals surface area contributed by atoms with Crippen molar-refractivity contribution in [3.05, 3.63) is 23.8 Å². The fraction of sp³-hybridized carbons (Fsp3) is 0.273. The van der Waals surface area contributed by atoms with E-state index in [-0.39, 0.29) is 17.0 Å². The number of carboxylic acids is 2. The smallest absolute Gasteiger partial charge is 0.347 e. The highest BCUT2D eigenvalue weighted by atomic mass is 16.5. The average molecular weight is 239 g/mol. The molecule has 0 radical (unpaired) electrons. The van der Waals surface area contributed by atoms with Crippen molar-refractivity contribution < 1.29 is 24.5 Å². The minimum atomic E-state index is -1.43. The van der Waals surface area contributed by atoms with Crippen LogP contribution in [0.1, 0.15) is 24.2 Å². The number of aliphatic carboxylic acids is 1. The molecule has 0 unspecified atom stereocenters. The Morgan fingerprint density at radius 3 is 2.29 bits per heavy atom. The summed E-state index contributed by atoms with van der Waals surface area (Å²) in [7, 11) is 0. The van der Waals surface area contributed by atoms with E-state index in [0.29, 0.717) is 0 Å². The van der Waals surface area contributed by atoms with Gasteiger partial charge in [-0.3, -0.25) is 0 Å². The molecule has 0 fully saturated rings. The quantitative estimate of drug-likeness (QED) is 0.681. The molecule has 0 amide bonds. The molecule has 0 spiro atoms. The Labute approximate surface area is 97.6 Å². The molecule has 0 aromatic heterocycles. The monoisotopic (exact) mass is 239 g/mol. The van der Waals surface area contributed by atoms with Gasteiger partial charge in [0.2, 0.25) is 0 Å². The molecule has 6 heteroatoms. The van der Waals surface area contributed by atoms with Crippen molar-refractivity contribution in [1.29, 1.82) is 0 Å². The second-order valence-corrected chi connectivity index (χ2v) is 3.98. The van der Waals surface area contributed by atoms with Crippen LogP contribution >= 0.6 is 0 Å². The molecule has 0 bridgehead atoms. The fourth-order valence-electron chi connectivity index (χ4n) is 1.09. The van der Waals surface area contributed by atoms with Crippen LogP contribution in [-0.2, 0) is 4.79 Å². The number of hydrogen-bond donors (Lipinski definition) is 3. The van der Waals surface area contributed by atoms with Crippen LogP contribution in [0.4, 0.5) is 5.69 Å². The zero-order valence-corrected chi connectivity index (χ0v) is 9.43. The fourth-order valence-corrected chi connectivity index (χ4v) is 1.09. The number of hydrogen-bond acceptors (Lipinski definition) is 4. The lowest BCUT2D eigenvalue weighted by Crippen LogP contribution is -2.38. The molecule has 1 aromatic rings. The zero-order valence-electron chi connectivity index (χ0n) is 9.43.